The first-order valence-electron chi connectivity index (χ1n) is 4.40. The van der Waals surface area contributed by atoms with Crippen LogP contribution in [0.25, 0.3) is 0 Å². The van der Waals surface area contributed by atoms with Gasteiger partial charge in [0.15, 0.2) is 0 Å². The fourth-order valence-corrected chi connectivity index (χ4v) is 1.17. The second-order valence-corrected chi connectivity index (χ2v) is 3.03. The van der Waals surface area contributed by atoms with Crippen LogP contribution in [0.3, 0.4) is 0 Å². The highest BCUT2D eigenvalue weighted by Crippen LogP contribution is 2.14. The van der Waals surface area contributed by atoms with E-state index >= 15 is 0 Å². The van der Waals surface area contributed by atoms with Gasteiger partial charge in [0, 0.05) is 5.56 Å². The lowest BCUT2D eigenvalue weighted by Gasteiger charge is -2.16. The first-order chi connectivity index (χ1) is 7.56. The van der Waals surface area contributed by atoms with E-state index in [2.05, 4.69) is 0 Å². The molecule has 1 aromatic carbocycles. The van der Waals surface area contributed by atoms with Crippen molar-refractivity contribution in [2.45, 2.75) is 6.54 Å². The predicted molar refractivity (Wildman–Crippen MR) is 50.9 cm³/mol. The second-order valence-electron chi connectivity index (χ2n) is 3.03. The average Bonchev–Trinajstić information content (AvgIpc) is 2.21. The Morgan fingerprint density at radius 2 is 1.94 bits per heavy atom. The number of aldehydes is 1. The van der Waals surface area contributed by atoms with Gasteiger partial charge in [-0.15, -0.1) is 0 Å². The fraction of sp³-hybridized carbons (Fsp3) is 0.200. The van der Waals surface area contributed by atoms with Crippen molar-refractivity contribution >= 4 is 12.4 Å². The van der Waals surface area contributed by atoms with Gasteiger partial charge in [-0.1, -0.05) is 6.07 Å². The van der Waals surface area contributed by atoms with E-state index in [1.165, 1.54) is 6.07 Å². The standard InChI is InChI=1S/C10H9F2NO3/c11-8-2-1-3-9(12)7(8)6-13(4-5-14)10(15)16/h1-3,5H,4,6H2,(H,15,16). The van der Waals surface area contributed by atoms with Crippen molar-refractivity contribution in [2.75, 3.05) is 6.54 Å². The Kier molecular flexibility index (Phi) is 3.93. The molecule has 0 atom stereocenters. The summed E-state index contributed by atoms with van der Waals surface area (Å²) >= 11 is 0. The summed E-state index contributed by atoms with van der Waals surface area (Å²) in [4.78, 5) is 21.4. The molecule has 86 valence electrons. The molecule has 0 fully saturated rings. The van der Waals surface area contributed by atoms with E-state index in [0.29, 0.717) is 11.2 Å². The third-order valence-electron chi connectivity index (χ3n) is 1.98. The smallest absolute Gasteiger partial charge is 0.407 e. The number of carbonyl (C=O) groups is 2. The maximum absolute atomic E-state index is 13.2. The molecule has 0 aromatic heterocycles. The monoisotopic (exact) mass is 229 g/mol. The molecule has 6 heteroatoms. The van der Waals surface area contributed by atoms with Gasteiger partial charge in [-0.3, -0.25) is 4.90 Å². The molecule has 0 bridgehead atoms. The van der Waals surface area contributed by atoms with Gasteiger partial charge in [0.2, 0.25) is 0 Å². The molecule has 1 rings (SSSR count). The number of nitrogens with zero attached hydrogens (tertiary/aromatic N) is 1. The second kappa shape index (κ2) is 5.20. The van der Waals surface area contributed by atoms with Crippen molar-refractivity contribution in [3.05, 3.63) is 35.4 Å². The van der Waals surface area contributed by atoms with Crippen molar-refractivity contribution in [3.63, 3.8) is 0 Å². The summed E-state index contributed by atoms with van der Waals surface area (Å²) in [5, 5.41) is 8.67. The van der Waals surface area contributed by atoms with Gasteiger partial charge >= 0.3 is 6.09 Å². The van der Waals surface area contributed by atoms with Gasteiger partial charge in [-0.05, 0) is 12.1 Å². The van der Waals surface area contributed by atoms with Crippen LogP contribution in [-0.2, 0) is 11.3 Å². The van der Waals surface area contributed by atoms with Gasteiger partial charge in [0.05, 0.1) is 13.1 Å². The Morgan fingerprint density at radius 3 is 2.38 bits per heavy atom. The average molecular weight is 229 g/mol. The third-order valence-corrected chi connectivity index (χ3v) is 1.98. The quantitative estimate of drug-likeness (QED) is 0.798. The van der Waals surface area contributed by atoms with E-state index in [9.17, 15) is 18.4 Å². The van der Waals surface area contributed by atoms with E-state index in [1.807, 2.05) is 0 Å². The first kappa shape index (κ1) is 12.1. The summed E-state index contributed by atoms with van der Waals surface area (Å²) in [5.74, 6) is -1.67. The van der Waals surface area contributed by atoms with E-state index in [-0.39, 0.29) is 5.56 Å². The summed E-state index contributed by atoms with van der Waals surface area (Å²) in [6, 6.07) is 3.23. The van der Waals surface area contributed by atoms with Crippen LogP contribution in [0.1, 0.15) is 5.56 Å². The molecule has 0 unspecified atom stereocenters. The van der Waals surface area contributed by atoms with Crippen LogP contribution in [0.15, 0.2) is 18.2 Å². The molecule has 0 spiro atoms. The molecule has 0 heterocycles. The first-order valence-corrected chi connectivity index (χ1v) is 4.40. The molecule has 0 aliphatic rings. The number of hydrogen-bond donors (Lipinski definition) is 1. The Bertz CT molecular complexity index is 389. The molecule has 1 amide bonds. The Morgan fingerprint density at radius 1 is 1.38 bits per heavy atom. The molecule has 0 aliphatic carbocycles. The number of rotatable bonds is 4. The van der Waals surface area contributed by atoms with Crippen molar-refractivity contribution < 1.29 is 23.5 Å². The van der Waals surface area contributed by atoms with Crippen LogP contribution >= 0.6 is 0 Å². The Labute approximate surface area is 90.1 Å². The van der Waals surface area contributed by atoms with Gasteiger partial charge in [0.1, 0.15) is 17.9 Å². The molecular formula is C10H9F2NO3. The number of amides is 1. The van der Waals surface area contributed by atoms with Crippen molar-refractivity contribution in [1.82, 2.24) is 4.90 Å². The summed E-state index contributed by atoms with van der Waals surface area (Å²) in [6.07, 6.45) is -1.05. The zero-order chi connectivity index (χ0) is 12.1. The topological polar surface area (TPSA) is 57.6 Å². The number of carbonyl (C=O) groups excluding carboxylic acids is 1. The van der Waals surface area contributed by atoms with Crippen LogP contribution < -0.4 is 0 Å². The van der Waals surface area contributed by atoms with Crippen LogP contribution in [0.2, 0.25) is 0 Å². The van der Waals surface area contributed by atoms with Crippen molar-refractivity contribution in [1.29, 1.82) is 0 Å². The maximum Gasteiger partial charge on any atom is 0.407 e. The van der Waals surface area contributed by atoms with Gasteiger partial charge < -0.3 is 9.90 Å². The highest BCUT2D eigenvalue weighted by molar-refractivity contribution is 5.69. The Balaban J connectivity index is 2.93. The molecule has 0 saturated carbocycles. The molecule has 0 saturated heterocycles. The number of benzene rings is 1. The molecule has 0 radical (unpaired) electrons. The third kappa shape index (κ3) is 2.75. The van der Waals surface area contributed by atoms with Gasteiger partial charge in [-0.2, -0.15) is 0 Å². The normalized spacial score (nSPS) is 9.88. The fourth-order valence-electron chi connectivity index (χ4n) is 1.17. The Hall–Kier alpha value is -1.98. The highest BCUT2D eigenvalue weighted by Gasteiger charge is 2.16. The van der Waals surface area contributed by atoms with Crippen LogP contribution in [-0.4, -0.2) is 28.9 Å². The number of carboxylic acid groups (broad SMARTS) is 1. The van der Waals surface area contributed by atoms with E-state index in [1.54, 1.807) is 0 Å². The lowest BCUT2D eigenvalue weighted by Crippen LogP contribution is -2.31. The van der Waals surface area contributed by atoms with Crippen molar-refractivity contribution in [2.24, 2.45) is 0 Å². The largest absolute Gasteiger partial charge is 0.465 e. The molecule has 1 aromatic rings. The maximum atomic E-state index is 13.2. The molecule has 4 nitrogen and oxygen atoms in total. The molecule has 0 aliphatic heterocycles. The minimum Gasteiger partial charge on any atom is -0.465 e. The lowest BCUT2D eigenvalue weighted by atomic mass is 10.2. The minimum atomic E-state index is -1.41. The van der Waals surface area contributed by atoms with Gasteiger partial charge in [0.25, 0.3) is 0 Å². The number of halogens is 2. The van der Waals surface area contributed by atoms with Gasteiger partial charge in [-0.25, -0.2) is 13.6 Å². The van der Waals surface area contributed by atoms with Crippen molar-refractivity contribution in [3.8, 4) is 0 Å². The molecular weight excluding hydrogens is 220 g/mol. The summed E-state index contributed by atoms with van der Waals surface area (Å²) in [5.41, 5.74) is -0.369. The van der Waals surface area contributed by atoms with Crippen LogP contribution in [0, 0.1) is 11.6 Å². The number of hydrogen-bond acceptors (Lipinski definition) is 2. The van der Waals surface area contributed by atoms with Crippen LogP contribution in [0.4, 0.5) is 13.6 Å². The van der Waals surface area contributed by atoms with Crippen LogP contribution in [0.5, 0.6) is 0 Å². The highest BCUT2D eigenvalue weighted by atomic mass is 19.1. The SMILES string of the molecule is O=CCN(Cc1c(F)cccc1F)C(=O)O. The van der Waals surface area contributed by atoms with E-state index < -0.39 is 30.8 Å². The summed E-state index contributed by atoms with van der Waals surface area (Å²) in [6.45, 7) is -0.921. The zero-order valence-corrected chi connectivity index (χ0v) is 8.19. The summed E-state index contributed by atoms with van der Waals surface area (Å²) in [7, 11) is 0. The molecule has 16 heavy (non-hydrogen) atoms. The lowest BCUT2D eigenvalue weighted by molar-refractivity contribution is -0.108. The molecule has 1 N–H and O–H groups in total. The van der Waals surface area contributed by atoms with E-state index in [4.69, 9.17) is 5.11 Å². The summed E-state index contributed by atoms with van der Waals surface area (Å²) < 4.78 is 26.3. The zero-order valence-electron chi connectivity index (χ0n) is 8.19. The van der Waals surface area contributed by atoms with E-state index in [0.717, 1.165) is 12.1 Å². The predicted octanol–water partition coefficient (Wildman–Crippen LogP) is 1.64. The minimum absolute atomic E-state index is 0.354.